The Morgan fingerprint density at radius 1 is 1.22 bits per heavy atom. The molecule has 0 amide bonds. The number of hydrogen-bond donors (Lipinski definition) is 0. The minimum Gasteiger partial charge on any atom is -0.469 e. The number of hydrogen-bond acceptors (Lipinski definition) is 5. The third kappa shape index (κ3) is 3.55. The lowest BCUT2D eigenvalue weighted by atomic mass is 9.56. The number of allylic oxidation sites excluding steroid dienone is 1. The number of cyclic esters (lactones) is 1. The highest BCUT2D eigenvalue weighted by atomic mass is 16.7. The van der Waals surface area contributed by atoms with Crippen molar-refractivity contribution < 1.29 is 23.8 Å². The van der Waals surface area contributed by atoms with E-state index in [0.717, 1.165) is 31.3 Å². The quantitative estimate of drug-likeness (QED) is 0.540. The van der Waals surface area contributed by atoms with Gasteiger partial charge in [0.1, 0.15) is 0 Å². The maximum absolute atomic E-state index is 12.5. The minimum absolute atomic E-state index is 0.0360. The number of ether oxygens (including phenoxy) is 3. The SMILES string of the molecule is COC(=O)[C@H](C)C1=C([C@@]2(C)CCCC(C)(C)C2)CC[C@H]2C(=O)OC(OC)[C@@H]12. The molecular weight excluding hydrogens is 344 g/mol. The molecule has 0 aromatic carbocycles. The lowest BCUT2D eigenvalue weighted by molar-refractivity contribution is -0.161. The van der Waals surface area contributed by atoms with Crippen LogP contribution >= 0.6 is 0 Å². The first kappa shape index (κ1) is 20.4. The van der Waals surface area contributed by atoms with Gasteiger partial charge in [0, 0.05) is 7.11 Å². The van der Waals surface area contributed by atoms with Crippen molar-refractivity contribution in [3.63, 3.8) is 0 Å². The molecule has 0 aromatic rings. The van der Waals surface area contributed by atoms with Gasteiger partial charge in [0.2, 0.25) is 6.29 Å². The van der Waals surface area contributed by atoms with Crippen LogP contribution in [0.3, 0.4) is 0 Å². The molecule has 5 heteroatoms. The summed E-state index contributed by atoms with van der Waals surface area (Å²) in [7, 11) is 3.00. The highest BCUT2D eigenvalue weighted by molar-refractivity contribution is 5.80. The Morgan fingerprint density at radius 2 is 1.93 bits per heavy atom. The molecule has 0 N–H and O–H groups in total. The zero-order valence-corrected chi connectivity index (χ0v) is 17.6. The van der Waals surface area contributed by atoms with E-state index in [-0.39, 0.29) is 34.6 Å². The number of carbonyl (C=O) groups excluding carboxylic acids is 2. The number of esters is 2. The molecule has 1 unspecified atom stereocenters. The van der Waals surface area contributed by atoms with Gasteiger partial charge >= 0.3 is 11.9 Å². The summed E-state index contributed by atoms with van der Waals surface area (Å²) in [5.74, 6) is -1.26. The number of rotatable bonds is 4. The van der Waals surface area contributed by atoms with Crippen molar-refractivity contribution in [3.8, 4) is 0 Å². The molecule has 152 valence electrons. The molecule has 5 nitrogen and oxygen atoms in total. The normalized spacial score (nSPS) is 36.8. The van der Waals surface area contributed by atoms with Gasteiger partial charge in [-0.2, -0.15) is 0 Å². The Balaban J connectivity index is 2.12. The van der Waals surface area contributed by atoms with Gasteiger partial charge in [-0.25, -0.2) is 0 Å². The van der Waals surface area contributed by atoms with Gasteiger partial charge in [0.15, 0.2) is 0 Å². The molecule has 0 bridgehead atoms. The van der Waals surface area contributed by atoms with Crippen molar-refractivity contribution in [1.29, 1.82) is 0 Å². The smallest absolute Gasteiger partial charge is 0.312 e. The molecule has 1 heterocycles. The Morgan fingerprint density at radius 3 is 2.52 bits per heavy atom. The van der Waals surface area contributed by atoms with Gasteiger partial charge in [-0.3, -0.25) is 9.59 Å². The molecule has 5 atom stereocenters. The standard InChI is InChI=1S/C22H34O5/c1-13(18(23)25-5)16-15(22(4)11-7-10-21(2,3)12-22)9-8-14-17(16)20(26-6)27-19(14)24/h13-14,17,20H,7-12H2,1-6H3/t13-,14-,17-,20?,22+/m1/s1. The monoisotopic (exact) mass is 378 g/mol. The zero-order valence-electron chi connectivity index (χ0n) is 17.6. The maximum Gasteiger partial charge on any atom is 0.312 e. The van der Waals surface area contributed by atoms with E-state index in [1.807, 2.05) is 6.92 Å². The van der Waals surface area contributed by atoms with Crippen LogP contribution in [0.2, 0.25) is 0 Å². The fraction of sp³-hybridized carbons (Fsp3) is 0.818. The predicted molar refractivity (Wildman–Crippen MR) is 102 cm³/mol. The fourth-order valence-corrected chi connectivity index (χ4v) is 6.06. The van der Waals surface area contributed by atoms with Crippen LogP contribution in [0.15, 0.2) is 11.1 Å². The lowest BCUT2D eigenvalue weighted by Gasteiger charge is -2.48. The average molecular weight is 379 g/mol. The second-order valence-electron chi connectivity index (χ2n) is 9.65. The number of methoxy groups -OCH3 is 2. The predicted octanol–water partition coefficient (Wildman–Crippen LogP) is 4.25. The summed E-state index contributed by atoms with van der Waals surface area (Å²) in [6, 6.07) is 0. The summed E-state index contributed by atoms with van der Waals surface area (Å²) in [4.78, 5) is 24.9. The Bertz CT molecular complexity index is 649. The number of fused-ring (bicyclic) bond motifs is 1. The average Bonchev–Trinajstić information content (AvgIpc) is 2.94. The molecule has 2 fully saturated rings. The van der Waals surface area contributed by atoms with E-state index in [1.54, 1.807) is 7.11 Å². The first-order chi connectivity index (χ1) is 12.6. The molecule has 3 rings (SSSR count). The molecule has 0 radical (unpaired) electrons. The molecule has 0 aromatic heterocycles. The third-order valence-electron chi connectivity index (χ3n) is 7.11. The van der Waals surface area contributed by atoms with Crippen molar-refractivity contribution in [3.05, 3.63) is 11.1 Å². The molecular formula is C22H34O5. The molecule has 3 aliphatic rings. The van der Waals surface area contributed by atoms with E-state index in [0.29, 0.717) is 0 Å². The van der Waals surface area contributed by atoms with Crippen LogP contribution in [0.25, 0.3) is 0 Å². The molecule has 1 aliphatic heterocycles. The molecule has 0 spiro atoms. The van der Waals surface area contributed by atoms with Crippen LogP contribution in [-0.4, -0.2) is 32.4 Å². The summed E-state index contributed by atoms with van der Waals surface area (Å²) in [6.07, 6.45) is 5.63. The lowest BCUT2D eigenvalue weighted by Crippen LogP contribution is -2.40. The first-order valence-corrected chi connectivity index (χ1v) is 10.2. The van der Waals surface area contributed by atoms with Gasteiger partial charge in [-0.15, -0.1) is 0 Å². The van der Waals surface area contributed by atoms with E-state index >= 15 is 0 Å². The van der Waals surface area contributed by atoms with Crippen LogP contribution in [-0.2, 0) is 23.8 Å². The van der Waals surface area contributed by atoms with Gasteiger partial charge < -0.3 is 14.2 Å². The largest absolute Gasteiger partial charge is 0.469 e. The summed E-state index contributed by atoms with van der Waals surface area (Å²) in [6.45, 7) is 8.91. The minimum atomic E-state index is -0.611. The van der Waals surface area contributed by atoms with Gasteiger partial charge in [0.05, 0.1) is 24.9 Å². The van der Waals surface area contributed by atoms with Crippen LogP contribution in [0.4, 0.5) is 0 Å². The Hall–Kier alpha value is -1.36. The number of carbonyl (C=O) groups is 2. The van der Waals surface area contributed by atoms with Crippen molar-refractivity contribution >= 4 is 11.9 Å². The maximum atomic E-state index is 12.5. The summed E-state index contributed by atoms with van der Waals surface area (Å²) < 4.78 is 16.1. The van der Waals surface area contributed by atoms with Crippen molar-refractivity contribution in [1.82, 2.24) is 0 Å². The van der Waals surface area contributed by atoms with E-state index in [2.05, 4.69) is 20.8 Å². The third-order valence-corrected chi connectivity index (χ3v) is 7.11. The van der Waals surface area contributed by atoms with E-state index in [9.17, 15) is 9.59 Å². The van der Waals surface area contributed by atoms with Gasteiger partial charge in [0.25, 0.3) is 0 Å². The fourth-order valence-electron chi connectivity index (χ4n) is 6.06. The van der Waals surface area contributed by atoms with Crippen LogP contribution < -0.4 is 0 Å². The second kappa shape index (κ2) is 7.23. The van der Waals surface area contributed by atoms with E-state index in [4.69, 9.17) is 14.2 Å². The highest BCUT2D eigenvalue weighted by Crippen LogP contribution is 2.57. The highest BCUT2D eigenvalue weighted by Gasteiger charge is 2.54. The summed E-state index contributed by atoms with van der Waals surface area (Å²) >= 11 is 0. The van der Waals surface area contributed by atoms with E-state index < -0.39 is 12.2 Å². The van der Waals surface area contributed by atoms with Gasteiger partial charge in [-0.1, -0.05) is 32.8 Å². The summed E-state index contributed by atoms with van der Waals surface area (Å²) in [5, 5.41) is 0. The Kier molecular flexibility index (Phi) is 5.46. The van der Waals surface area contributed by atoms with Crippen molar-refractivity contribution in [2.24, 2.45) is 28.6 Å². The Labute approximate surface area is 162 Å². The van der Waals surface area contributed by atoms with Crippen molar-refractivity contribution in [2.45, 2.75) is 72.5 Å². The van der Waals surface area contributed by atoms with Gasteiger partial charge in [-0.05, 0) is 55.4 Å². The summed E-state index contributed by atoms with van der Waals surface area (Å²) in [5.41, 5.74) is 2.69. The topological polar surface area (TPSA) is 61.8 Å². The van der Waals surface area contributed by atoms with E-state index in [1.165, 1.54) is 25.5 Å². The van der Waals surface area contributed by atoms with Crippen LogP contribution in [0, 0.1) is 28.6 Å². The van der Waals surface area contributed by atoms with Crippen LogP contribution in [0.5, 0.6) is 0 Å². The second-order valence-corrected chi connectivity index (χ2v) is 9.65. The molecule has 1 saturated heterocycles. The van der Waals surface area contributed by atoms with Crippen LogP contribution in [0.1, 0.15) is 66.2 Å². The first-order valence-electron chi connectivity index (χ1n) is 10.2. The zero-order chi connectivity index (χ0) is 20.0. The molecule has 1 saturated carbocycles. The molecule has 2 aliphatic carbocycles. The molecule has 27 heavy (non-hydrogen) atoms. The van der Waals surface area contributed by atoms with Crippen molar-refractivity contribution in [2.75, 3.05) is 14.2 Å².